The lowest BCUT2D eigenvalue weighted by Crippen LogP contribution is -2.45. The molecule has 0 aliphatic carbocycles. The average Bonchev–Trinajstić information content (AvgIpc) is 2.40. The maximum atomic E-state index is 14.0. The molecule has 18 heavy (non-hydrogen) atoms. The molecule has 1 heterocycles. The molecule has 0 spiro atoms. The van der Waals surface area contributed by atoms with Gasteiger partial charge in [-0.3, -0.25) is 4.90 Å². The summed E-state index contributed by atoms with van der Waals surface area (Å²) in [6.07, 6.45) is 0.741. The molecule has 3 nitrogen and oxygen atoms in total. The predicted molar refractivity (Wildman–Crippen MR) is 70.5 cm³/mol. The lowest BCUT2D eigenvalue weighted by atomic mass is 10.00. The van der Waals surface area contributed by atoms with Crippen LogP contribution in [0.3, 0.4) is 0 Å². The van der Waals surface area contributed by atoms with Crippen LogP contribution in [-0.2, 0) is 0 Å². The van der Waals surface area contributed by atoms with E-state index in [1.165, 1.54) is 12.1 Å². The van der Waals surface area contributed by atoms with Crippen molar-refractivity contribution in [3.05, 3.63) is 28.5 Å². The van der Waals surface area contributed by atoms with Crippen LogP contribution >= 0.6 is 11.6 Å². The van der Waals surface area contributed by atoms with Crippen molar-refractivity contribution in [2.24, 2.45) is 0 Å². The maximum Gasteiger partial charge on any atom is 0.141 e. The molecule has 0 saturated carbocycles. The molecule has 1 aromatic carbocycles. The van der Waals surface area contributed by atoms with E-state index in [9.17, 15) is 9.50 Å². The van der Waals surface area contributed by atoms with Gasteiger partial charge in [0, 0.05) is 37.8 Å². The van der Waals surface area contributed by atoms with Gasteiger partial charge in [-0.1, -0.05) is 18.5 Å². The number of hydrogen-bond acceptors (Lipinski definition) is 3. The highest BCUT2D eigenvalue weighted by atomic mass is 35.5. The van der Waals surface area contributed by atoms with E-state index in [1.807, 2.05) is 6.92 Å². The van der Waals surface area contributed by atoms with Crippen LogP contribution in [-0.4, -0.2) is 36.2 Å². The van der Waals surface area contributed by atoms with Gasteiger partial charge in [-0.05, 0) is 18.6 Å². The van der Waals surface area contributed by atoms with Crippen LogP contribution < -0.4 is 5.32 Å². The van der Waals surface area contributed by atoms with Crippen LogP contribution in [0.15, 0.2) is 12.1 Å². The third-order valence-electron chi connectivity index (χ3n) is 3.43. The minimum absolute atomic E-state index is 0.120. The van der Waals surface area contributed by atoms with Gasteiger partial charge in [0.25, 0.3) is 0 Å². The van der Waals surface area contributed by atoms with Crippen LogP contribution in [0.1, 0.15) is 24.9 Å². The highest BCUT2D eigenvalue weighted by molar-refractivity contribution is 6.32. The van der Waals surface area contributed by atoms with Gasteiger partial charge in [0.1, 0.15) is 11.6 Å². The zero-order valence-corrected chi connectivity index (χ0v) is 11.2. The second kappa shape index (κ2) is 5.87. The summed E-state index contributed by atoms with van der Waals surface area (Å²) >= 11 is 5.88. The first-order valence-electron chi connectivity index (χ1n) is 6.26. The largest absolute Gasteiger partial charge is 0.506 e. The molecule has 1 aromatic rings. The Hall–Kier alpha value is -0.840. The molecule has 1 saturated heterocycles. The number of nitrogens with one attached hydrogen (secondary N) is 1. The van der Waals surface area contributed by atoms with Gasteiger partial charge in [0.05, 0.1) is 5.02 Å². The number of rotatable bonds is 3. The van der Waals surface area contributed by atoms with E-state index < -0.39 is 0 Å². The van der Waals surface area contributed by atoms with Crippen LogP contribution in [0, 0.1) is 5.82 Å². The van der Waals surface area contributed by atoms with Crippen LogP contribution in [0.2, 0.25) is 5.02 Å². The van der Waals surface area contributed by atoms with Gasteiger partial charge in [-0.15, -0.1) is 0 Å². The van der Waals surface area contributed by atoms with Gasteiger partial charge in [-0.2, -0.15) is 0 Å². The summed E-state index contributed by atoms with van der Waals surface area (Å²) in [7, 11) is 0. The van der Waals surface area contributed by atoms with E-state index in [0.29, 0.717) is 5.56 Å². The number of phenolic OH excluding ortho intramolecular Hbond substituents is 1. The second-order valence-electron chi connectivity index (χ2n) is 4.50. The fourth-order valence-electron chi connectivity index (χ4n) is 2.51. The molecule has 2 rings (SSSR count). The molecule has 1 aliphatic heterocycles. The topological polar surface area (TPSA) is 35.5 Å². The Labute approximate surface area is 112 Å². The first-order chi connectivity index (χ1) is 8.65. The minimum Gasteiger partial charge on any atom is -0.506 e. The zero-order chi connectivity index (χ0) is 13.1. The monoisotopic (exact) mass is 272 g/mol. The Morgan fingerprint density at radius 1 is 1.44 bits per heavy atom. The molecule has 1 aliphatic rings. The highest BCUT2D eigenvalue weighted by Crippen LogP contribution is 2.37. The lowest BCUT2D eigenvalue weighted by Gasteiger charge is -2.35. The molecule has 0 radical (unpaired) electrons. The molecule has 1 atom stereocenters. The summed E-state index contributed by atoms with van der Waals surface area (Å²) in [6.45, 7) is 5.47. The normalized spacial score (nSPS) is 18.8. The molecule has 0 amide bonds. The van der Waals surface area contributed by atoms with Crippen molar-refractivity contribution in [1.82, 2.24) is 10.2 Å². The molecule has 5 heteroatoms. The van der Waals surface area contributed by atoms with E-state index in [-0.39, 0.29) is 22.6 Å². The summed E-state index contributed by atoms with van der Waals surface area (Å²) in [5.74, 6) is -0.510. The van der Waals surface area contributed by atoms with E-state index in [1.54, 1.807) is 0 Å². The minimum atomic E-state index is -0.387. The maximum absolute atomic E-state index is 14.0. The SMILES string of the molecule is CC[C@H](c1c(F)ccc(Cl)c1O)N1CCNCC1. The number of aromatic hydroxyl groups is 1. The standard InChI is InChI=1S/C13H18ClFN2O/c1-2-11(17-7-5-16-6-8-17)12-10(15)4-3-9(14)13(12)18/h3-4,11,16,18H,2,5-8H2,1H3/t11-/m1/s1. The first kappa shape index (κ1) is 13.6. The molecule has 1 fully saturated rings. The van der Waals surface area contributed by atoms with Gasteiger partial charge in [0.15, 0.2) is 0 Å². The number of benzene rings is 1. The molecular formula is C13H18ClFN2O. The van der Waals surface area contributed by atoms with Gasteiger partial charge < -0.3 is 10.4 Å². The van der Waals surface area contributed by atoms with Crippen molar-refractivity contribution >= 4 is 11.6 Å². The first-order valence-corrected chi connectivity index (χ1v) is 6.64. The quantitative estimate of drug-likeness (QED) is 0.888. The van der Waals surface area contributed by atoms with Crippen LogP contribution in [0.4, 0.5) is 4.39 Å². The lowest BCUT2D eigenvalue weighted by molar-refractivity contribution is 0.163. The van der Waals surface area contributed by atoms with Crippen LogP contribution in [0.5, 0.6) is 5.75 Å². The predicted octanol–water partition coefficient (Wildman–Crippen LogP) is 2.54. The fraction of sp³-hybridized carbons (Fsp3) is 0.538. The molecule has 0 bridgehead atoms. The molecule has 100 valence electrons. The van der Waals surface area contributed by atoms with Crippen molar-refractivity contribution in [2.45, 2.75) is 19.4 Å². The summed E-state index contributed by atoms with van der Waals surface area (Å²) in [6, 6.07) is 2.59. The number of piperazine rings is 1. The third-order valence-corrected chi connectivity index (χ3v) is 3.73. The number of hydrogen-bond donors (Lipinski definition) is 2. The molecule has 0 unspecified atom stereocenters. The number of halogens is 2. The molecule has 2 N–H and O–H groups in total. The Balaban J connectivity index is 2.34. The van der Waals surface area contributed by atoms with E-state index in [2.05, 4.69) is 10.2 Å². The Morgan fingerprint density at radius 2 is 2.11 bits per heavy atom. The van der Waals surface area contributed by atoms with Gasteiger partial charge in [-0.25, -0.2) is 4.39 Å². The smallest absolute Gasteiger partial charge is 0.141 e. The van der Waals surface area contributed by atoms with Gasteiger partial charge >= 0.3 is 0 Å². The second-order valence-corrected chi connectivity index (χ2v) is 4.91. The molecule has 0 aromatic heterocycles. The highest BCUT2D eigenvalue weighted by Gasteiger charge is 2.26. The fourth-order valence-corrected chi connectivity index (χ4v) is 2.68. The number of phenols is 1. The van der Waals surface area contributed by atoms with E-state index in [4.69, 9.17) is 11.6 Å². The van der Waals surface area contributed by atoms with Crippen molar-refractivity contribution in [3.63, 3.8) is 0 Å². The Morgan fingerprint density at radius 3 is 2.72 bits per heavy atom. The van der Waals surface area contributed by atoms with Crippen molar-refractivity contribution in [3.8, 4) is 5.75 Å². The van der Waals surface area contributed by atoms with E-state index in [0.717, 1.165) is 32.6 Å². The third kappa shape index (κ3) is 2.60. The Kier molecular flexibility index (Phi) is 4.43. The summed E-state index contributed by atoms with van der Waals surface area (Å²) in [4.78, 5) is 2.19. The van der Waals surface area contributed by atoms with Crippen molar-refractivity contribution < 1.29 is 9.50 Å². The zero-order valence-electron chi connectivity index (χ0n) is 10.4. The number of nitrogens with zero attached hydrogens (tertiary/aromatic N) is 1. The summed E-state index contributed by atoms with van der Waals surface area (Å²) in [5, 5.41) is 13.5. The average molecular weight is 273 g/mol. The van der Waals surface area contributed by atoms with Gasteiger partial charge in [0.2, 0.25) is 0 Å². The van der Waals surface area contributed by atoms with Crippen molar-refractivity contribution in [1.29, 1.82) is 0 Å². The summed E-state index contributed by atoms with van der Waals surface area (Å²) in [5.41, 5.74) is 0.326. The summed E-state index contributed by atoms with van der Waals surface area (Å²) < 4.78 is 14.0. The Bertz CT molecular complexity index is 422. The van der Waals surface area contributed by atoms with Crippen LogP contribution in [0.25, 0.3) is 0 Å². The van der Waals surface area contributed by atoms with Crippen molar-refractivity contribution in [2.75, 3.05) is 26.2 Å². The molecular weight excluding hydrogens is 255 g/mol. The van der Waals surface area contributed by atoms with E-state index >= 15 is 0 Å².